The Labute approximate surface area is 120 Å². The molecule has 0 aromatic carbocycles. The molecule has 1 rings (SSSR count). The van der Waals surface area contributed by atoms with Crippen LogP contribution in [-0.2, 0) is 18.3 Å². The molecule has 0 aliphatic carbocycles. The summed E-state index contributed by atoms with van der Waals surface area (Å²) in [6, 6.07) is 0.418. The van der Waals surface area contributed by atoms with E-state index in [1.54, 1.807) is 18.8 Å². The lowest BCUT2D eigenvalue weighted by molar-refractivity contribution is 0.0691. The van der Waals surface area contributed by atoms with Crippen molar-refractivity contribution in [2.45, 2.75) is 39.3 Å². The molecule has 6 heteroatoms. The number of hydrogen-bond acceptors (Lipinski definition) is 4. The van der Waals surface area contributed by atoms with Crippen molar-refractivity contribution >= 4 is 5.97 Å². The summed E-state index contributed by atoms with van der Waals surface area (Å²) in [5.74, 6) is -0.927. The van der Waals surface area contributed by atoms with Crippen LogP contribution in [0.3, 0.4) is 0 Å². The minimum absolute atomic E-state index is 0.279. The van der Waals surface area contributed by atoms with Gasteiger partial charge in [0, 0.05) is 33.3 Å². The first kappa shape index (κ1) is 16.7. The molecule has 0 fully saturated rings. The third-order valence-electron chi connectivity index (χ3n) is 3.69. The number of carboxylic acids is 1. The Hall–Kier alpha value is -1.40. The van der Waals surface area contributed by atoms with Gasteiger partial charge in [-0.1, -0.05) is 13.8 Å². The van der Waals surface area contributed by atoms with Crippen molar-refractivity contribution in [3.8, 4) is 0 Å². The van der Waals surface area contributed by atoms with Crippen LogP contribution < -0.4 is 0 Å². The number of methoxy groups -OCH3 is 1. The average Bonchev–Trinajstić information content (AvgIpc) is 2.78. The first-order chi connectivity index (χ1) is 9.54. The molecule has 0 amide bonds. The summed E-state index contributed by atoms with van der Waals surface area (Å²) in [5.41, 5.74) is 1.02. The summed E-state index contributed by atoms with van der Waals surface area (Å²) >= 11 is 0. The summed E-state index contributed by atoms with van der Waals surface area (Å²) in [6.07, 6.45) is 3.47. The summed E-state index contributed by atoms with van der Waals surface area (Å²) in [6.45, 7) is 6.29. The van der Waals surface area contributed by atoms with Gasteiger partial charge in [0.2, 0.25) is 0 Å². The maximum atomic E-state index is 11.2. The smallest absolute Gasteiger partial charge is 0.339 e. The zero-order chi connectivity index (χ0) is 15.1. The summed E-state index contributed by atoms with van der Waals surface area (Å²) < 4.78 is 6.80. The highest BCUT2D eigenvalue weighted by Crippen LogP contribution is 2.16. The van der Waals surface area contributed by atoms with Gasteiger partial charge in [-0.2, -0.15) is 5.10 Å². The zero-order valence-electron chi connectivity index (χ0n) is 12.8. The number of carboxylic acid groups (broad SMARTS) is 1. The van der Waals surface area contributed by atoms with Crippen LogP contribution in [0.15, 0.2) is 6.20 Å². The lowest BCUT2D eigenvalue weighted by atomic mass is 10.1. The van der Waals surface area contributed by atoms with Crippen molar-refractivity contribution in [2.75, 3.05) is 20.3 Å². The topological polar surface area (TPSA) is 67.6 Å². The number of hydrogen-bond donors (Lipinski definition) is 1. The van der Waals surface area contributed by atoms with Gasteiger partial charge in [0.25, 0.3) is 0 Å². The van der Waals surface area contributed by atoms with E-state index >= 15 is 0 Å². The Kier molecular flexibility index (Phi) is 6.67. The number of ether oxygens (including phenoxy) is 1. The zero-order valence-corrected chi connectivity index (χ0v) is 12.8. The van der Waals surface area contributed by atoms with E-state index in [-0.39, 0.29) is 5.56 Å². The van der Waals surface area contributed by atoms with E-state index in [1.165, 1.54) is 6.20 Å². The fourth-order valence-electron chi connectivity index (χ4n) is 2.43. The fourth-order valence-corrected chi connectivity index (χ4v) is 2.43. The Morgan fingerprint density at radius 1 is 1.50 bits per heavy atom. The number of aryl methyl sites for hydroxylation is 1. The Morgan fingerprint density at radius 3 is 2.65 bits per heavy atom. The largest absolute Gasteiger partial charge is 0.478 e. The number of aromatic nitrogens is 2. The van der Waals surface area contributed by atoms with Gasteiger partial charge in [0.1, 0.15) is 5.56 Å². The normalized spacial score (nSPS) is 11.5. The van der Waals surface area contributed by atoms with E-state index in [4.69, 9.17) is 4.74 Å². The van der Waals surface area contributed by atoms with Gasteiger partial charge in [-0.15, -0.1) is 0 Å². The highest BCUT2D eigenvalue weighted by Gasteiger charge is 2.21. The van der Waals surface area contributed by atoms with Gasteiger partial charge in [0.15, 0.2) is 0 Å². The molecule has 0 saturated carbocycles. The SMILES string of the molecule is CCC(CC)N(CCOC)Cc1c(C(=O)O)cnn1C. The van der Waals surface area contributed by atoms with Crippen LogP contribution in [0.25, 0.3) is 0 Å². The number of aromatic carboxylic acids is 1. The minimum Gasteiger partial charge on any atom is -0.478 e. The van der Waals surface area contributed by atoms with Crippen molar-refractivity contribution in [1.82, 2.24) is 14.7 Å². The molecule has 1 aromatic rings. The summed E-state index contributed by atoms with van der Waals surface area (Å²) in [5, 5.41) is 13.3. The molecule has 0 aliphatic rings. The lowest BCUT2D eigenvalue weighted by Crippen LogP contribution is -2.37. The molecule has 114 valence electrons. The van der Waals surface area contributed by atoms with Gasteiger partial charge in [-0.25, -0.2) is 4.79 Å². The molecule has 1 N–H and O–H groups in total. The van der Waals surface area contributed by atoms with Crippen LogP contribution in [0.2, 0.25) is 0 Å². The fraction of sp³-hybridized carbons (Fsp3) is 0.714. The van der Waals surface area contributed by atoms with Crippen molar-refractivity contribution in [3.05, 3.63) is 17.5 Å². The second kappa shape index (κ2) is 8.01. The van der Waals surface area contributed by atoms with Crippen LogP contribution in [0.4, 0.5) is 0 Å². The minimum atomic E-state index is -0.927. The van der Waals surface area contributed by atoms with E-state index < -0.39 is 5.97 Å². The molecule has 0 unspecified atom stereocenters. The van der Waals surface area contributed by atoms with Crippen molar-refractivity contribution in [3.63, 3.8) is 0 Å². The molecule has 6 nitrogen and oxygen atoms in total. The molecular formula is C14H25N3O3. The van der Waals surface area contributed by atoms with Crippen LogP contribution in [-0.4, -0.2) is 52.1 Å². The number of nitrogens with zero attached hydrogens (tertiary/aromatic N) is 3. The monoisotopic (exact) mass is 283 g/mol. The van der Waals surface area contributed by atoms with Gasteiger partial charge >= 0.3 is 5.97 Å². The van der Waals surface area contributed by atoms with E-state index in [0.717, 1.165) is 25.1 Å². The third-order valence-corrected chi connectivity index (χ3v) is 3.69. The van der Waals surface area contributed by atoms with E-state index in [0.29, 0.717) is 19.2 Å². The Bertz CT molecular complexity index is 427. The molecule has 1 aromatic heterocycles. The second-order valence-electron chi connectivity index (χ2n) is 4.87. The number of carbonyl (C=O) groups is 1. The van der Waals surface area contributed by atoms with Crippen LogP contribution in [0.1, 0.15) is 42.7 Å². The number of rotatable bonds is 9. The molecule has 0 radical (unpaired) electrons. The molecule has 0 saturated heterocycles. The molecule has 0 spiro atoms. The molecular weight excluding hydrogens is 258 g/mol. The highest BCUT2D eigenvalue weighted by molar-refractivity contribution is 5.88. The maximum absolute atomic E-state index is 11.2. The predicted molar refractivity (Wildman–Crippen MR) is 76.8 cm³/mol. The van der Waals surface area contributed by atoms with Gasteiger partial charge in [0.05, 0.1) is 18.5 Å². The van der Waals surface area contributed by atoms with E-state index in [1.807, 2.05) is 0 Å². The predicted octanol–water partition coefficient (Wildman–Crippen LogP) is 1.76. The first-order valence-electron chi connectivity index (χ1n) is 7.02. The quantitative estimate of drug-likeness (QED) is 0.748. The average molecular weight is 283 g/mol. The van der Waals surface area contributed by atoms with Crippen LogP contribution >= 0.6 is 0 Å². The molecule has 1 heterocycles. The third kappa shape index (κ3) is 4.05. The Balaban J connectivity index is 2.93. The van der Waals surface area contributed by atoms with Crippen molar-refractivity contribution in [2.24, 2.45) is 7.05 Å². The maximum Gasteiger partial charge on any atom is 0.339 e. The van der Waals surface area contributed by atoms with Crippen LogP contribution in [0, 0.1) is 0 Å². The molecule has 20 heavy (non-hydrogen) atoms. The van der Waals surface area contributed by atoms with E-state index in [9.17, 15) is 9.90 Å². The molecule has 0 bridgehead atoms. The Morgan fingerprint density at radius 2 is 2.15 bits per heavy atom. The summed E-state index contributed by atoms with van der Waals surface area (Å²) in [4.78, 5) is 13.5. The first-order valence-corrected chi connectivity index (χ1v) is 7.02. The summed E-state index contributed by atoms with van der Waals surface area (Å²) in [7, 11) is 3.46. The van der Waals surface area contributed by atoms with Crippen molar-refractivity contribution < 1.29 is 14.6 Å². The van der Waals surface area contributed by atoms with Crippen LogP contribution in [0.5, 0.6) is 0 Å². The van der Waals surface area contributed by atoms with E-state index in [2.05, 4.69) is 23.8 Å². The highest BCUT2D eigenvalue weighted by atomic mass is 16.5. The van der Waals surface area contributed by atoms with Gasteiger partial charge in [-0.3, -0.25) is 9.58 Å². The standard InChI is InChI=1S/C14H25N3O3/c1-5-11(6-2)17(7-8-20-4)10-13-12(14(18)19)9-15-16(13)3/h9,11H,5-8,10H2,1-4H3,(H,18,19). The van der Waals surface area contributed by atoms with Gasteiger partial charge in [-0.05, 0) is 12.8 Å². The lowest BCUT2D eigenvalue weighted by Gasteiger charge is -2.30. The molecule has 0 aliphatic heterocycles. The second-order valence-corrected chi connectivity index (χ2v) is 4.87. The van der Waals surface area contributed by atoms with Gasteiger partial charge < -0.3 is 9.84 Å². The van der Waals surface area contributed by atoms with Crippen molar-refractivity contribution in [1.29, 1.82) is 0 Å². The molecule has 0 atom stereocenters.